The van der Waals surface area contributed by atoms with E-state index in [1.165, 1.54) is 128 Å². The van der Waals surface area contributed by atoms with Crippen molar-refractivity contribution in [1.82, 2.24) is 0 Å². The van der Waals surface area contributed by atoms with E-state index >= 15 is 0 Å². The molecule has 0 aromatic heterocycles. The molecule has 0 spiro atoms. The SMILES string of the molecule is CCCCCCCCCCCOC(=O)C1CC2OC2CC1C(=O)OCCCCCCCCCCCCCCOC(=O)C1CC2OC2CC1C(=O)OCCCCCCCCCCC. The summed E-state index contributed by atoms with van der Waals surface area (Å²) in [6.07, 6.45) is 37.9. The van der Waals surface area contributed by atoms with Crippen molar-refractivity contribution >= 4 is 23.9 Å². The second-order valence-electron chi connectivity index (χ2n) is 19.4. The lowest BCUT2D eigenvalue weighted by atomic mass is 9.79. The van der Waals surface area contributed by atoms with Gasteiger partial charge in [0.05, 0.1) is 74.5 Å². The molecule has 0 aromatic carbocycles. The highest BCUT2D eigenvalue weighted by Crippen LogP contribution is 2.45. The smallest absolute Gasteiger partial charge is 0.309 e. The van der Waals surface area contributed by atoms with Crippen LogP contribution in [0.1, 0.15) is 232 Å². The fourth-order valence-corrected chi connectivity index (χ4v) is 9.80. The maximum atomic E-state index is 13.0. The zero-order valence-corrected chi connectivity index (χ0v) is 39.6. The van der Waals surface area contributed by atoms with Crippen molar-refractivity contribution in [3.63, 3.8) is 0 Å². The molecule has 2 aliphatic heterocycles. The van der Waals surface area contributed by atoms with Gasteiger partial charge in [-0.3, -0.25) is 19.2 Å². The standard InChI is InChI=1S/C52H90O10/c1-3-5-7-9-11-17-21-25-29-33-57-49(53)41-37-45-47(61-45)39-43(41)51(55)59-35-31-27-23-19-15-13-14-16-20-24-28-32-36-60-52(56)44-40-48-46(62-48)38-42(44)50(54)58-34-30-26-22-18-12-10-8-6-4-2/h41-48H,3-40H2,1-2H3. The van der Waals surface area contributed by atoms with Crippen LogP contribution in [-0.2, 0) is 47.6 Å². The van der Waals surface area contributed by atoms with E-state index in [9.17, 15) is 19.2 Å². The molecule has 8 atom stereocenters. The predicted molar refractivity (Wildman–Crippen MR) is 243 cm³/mol. The molecule has 0 bridgehead atoms. The zero-order valence-electron chi connectivity index (χ0n) is 39.6. The minimum Gasteiger partial charge on any atom is -0.465 e. The third-order valence-corrected chi connectivity index (χ3v) is 14.0. The average Bonchev–Trinajstić information content (AvgIpc) is 4.22. The van der Waals surface area contributed by atoms with Crippen molar-refractivity contribution in [2.75, 3.05) is 26.4 Å². The van der Waals surface area contributed by atoms with E-state index in [4.69, 9.17) is 28.4 Å². The number of esters is 4. The highest BCUT2D eigenvalue weighted by atomic mass is 16.6. The number of hydrogen-bond donors (Lipinski definition) is 0. The average molecular weight is 875 g/mol. The van der Waals surface area contributed by atoms with Gasteiger partial charge in [-0.1, -0.05) is 181 Å². The summed E-state index contributed by atoms with van der Waals surface area (Å²) >= 11 is 0. The second-order valence-corrected chi connectivity index (χ2v) is 19.4. The van der Waals surface area contributed by atoms with Gasteiger partial charge in [-0.15, -0.1) is 0 Å². The molecule has 4 fully saturated rings. The predicted octanol–water partition coefficient (Wildman–Crippen LogP) is 12.5. The van der Waals surface area contributed by atoms with Gasteiger partial charge in [0.25, 0.3) is 0 Å². The first-order chi connectivity index (χ1) is 30.4. The number of fused-ring (bicyclic) bond motifs is 2. The molecule has 4 rings (SSSR count). The van der Waals surface area contributed by atoms with Gasteiger partial charge in [-0.05, 0) is 51.4 Å². The Morgan fingerprint density at radius 3 is 0.677 bits per heavy atom. The molecule has 8 unspecified atom stereocenters. The maximum absolute atomic E-state index is 13.0. The van der Waals surface area contributed by atoms with Crippen molar-refractivity contribution in [3.8, 4) is 0 Å². The zero-order chi connectivity index (χ0) is 44.0. The minimum absolute atomic E-state index is 0.0895. The topological polar surface area (TPSA) is 130 Å². The summed E-state index contributed by atoms with van der Waals surface area (Å²) in [6.45, 7) is 6.17. The van der Waals surface area contributed by atoms with Gasteiger partial charge in [-0.25, -0.2) is 0 Å². The Morgan fingerprint density at radius 1 is 0.306 bits per heavy atom. The summed E-state index contributed by atoms with van der Waals surface area (Å²) in [5.74, 6) is -2.84. The van der Waals surface area contributed by atoms with Gasteiger partial charge in [0.1, 0.15) is 0 Å². The summed E-state index contributed by atoms with van der Waals surface area (Å²) in [5.41, 5.74) is 0. The van der Waals surface area contributed by atoms with E-state index in [2.05, 4.69) is 13.8 Å². The molecule has 0 amide bonds. The third-order valence-electron chi connectivity index (χ3n) is 14.0. The molecular formula is C52H90O10. The van der Waals surface area contributed by atoms with Crippen LogP contribution in [0, 0.1) is 23.7 Å². The number of unbranched alkanes of at least 4 members (excludes halogenated alkanes) is 27. The van der Waals surface area contributed by atoms with Crippen LogP contribution >= 0.6 is 0 Å². The number of ether oxygens (including phenoxy) is 6. The highest BCUT2D eigenvalue weighted by molar-refractivity contribution is 5.83. The Bertz CT molecular complexity index is 1130. The van der Waals surface area contributed by atoms with Crippen LogP contribution in [0.5, 0.6) is 0 Å². The molecule has 62 heavy (non-hydrogen) atoms. The van der Waals surface area contributed by atoms with E-state index in [1.54, 1.807) is 0 Å². The molecule has 0 radical (unpaired) electrons. The number of carbonyl (C=O) groups is 4. The molecule has 2 saturated heterocycles. The van der Waals surface area contributed by atoms with Crippen LogP contribution in [0.3, 0.4) is 0 Å². The summed E-state index contributed by atoms with van der Waals surface area (Å²) in [4.78, 5) is 52.0. The molecule has 2 heterocycles. The fourth-order valence-electron chi connectivity index (χ4n) is 9.80. The summed E-state index contributed by atoms with van der Waals surface area (Å²) in [7, 11) is 0. The molecule has 0 N–H and O–H groups in total. The van der Waals surface area contributed by atoms with E-state index in [0.717, 1.165) is 64.2 Å². The lowest BCUT2D eigenvalue weighted by Gasteiger charge is -2.26. The Balaban J connectivity index is 0.918. The van der Waals surface area contributed by atoms with E-state index < -0.39 is 23.7 Å². The second kappa shape index (κ2) is 32.5. The fraction of sp³-hybridized carbons (Fsp3) is 0.923. The lowest BCUT2D eigenvalue weighted by molar-refractivity contribution is -0.162. The van der Waals surface area contributed by atoms with Gasteiger partial charge in [0.2, 0.25) is 0 Å². The number of rotatable bonds is 39. The molecular weight excluding hydrogens is 785 g/mol. The Kier molecular flexibility index (Phi) is 27.4. The molecule has 10 nitrogen and oxygen atoms in total. The van der Waals surface area contributed by atoms with E-state index in [-0.39, 0.29) is 48.3 Å². The van der Waals surface area contributed by atoms with Gasteiger partial charge in [0, 0.05) is 0 Å². The van der Waals surface area contributed by atoms with Crippen molar-refractivity contribution in [2.24, 2.45) is 23.7 Å². The maximum Gasteiger partial charge on any atom is 0.309 e. The van der Waals surface area contributed by atoms with E-state index in [1.807, 2.05) is 0 Å². The van der Waals surface area contributed by atoms with Crippen LogP contribution in [-0.4, -0.2) is 74.7 Å². The van der Waals surface area contributed by atoms with Gasteiger partial charge in [-0.2, -0.15) is 0 Å². The highest BCUT2D eigenvalue weighted by Gasteiger charge is 2.54. The van der Waals surface area contributed by atoms with Gasteiger partial charge < -0.3 is 28.4 Å². The number of hydrogen-bond acceptors (Lipinski definition) is 10. The Hall–Kier alpha value is -2.20. The van der Waals surface area contributed by atoms with Gasteiger partial charge in [0.15, 0.2) is 0 Å². The number of carbonyl (C=O) groups excluding carboxylic acids is 4. The Labute approximate surface area is 377 Å². The first kappa shape index (κ1) is 52.4. The normalized spacial score (nSPS) is 24.7. The molecule has 0 aromatic rings. The Morgan fingerprint density at radius 2 is 0.484 bits per heavy atom. The van der Waals surface area contributed by atoms with Crippen LogP contribution in [0.15, 0.2) is 0 Å². The lowest BCUT2D eigenvalue weighted by Crippen LogP contribution is -2.37. The van der Waals surface area contributed by atoms with Crippen LogP contribution in [0.4, 0.5) is 0 Å². The van der Waals surface area contributed by atoms with Crippen LogP contribution < -0.4 is 0 Å². The first-order valence-electron chi connectivity index (χ1n) is 26.4. The van der Waals surface area contributed by atoms with E-state index in [0.29, 0.717) is 52.1 Å². The van der Waals surface area contributed by atoms with Crippen molar-refractivity contribution in [2.45, 2.75) is 257 Å². The quantitative estimate of drug-likeness (QED) is 0.0255. The molecule has 2 saturated carbocycles. The summed E-state index contributed by atoms with van der Waals surface area (Å²) in [5, 5.41) is 0. The van der Waals surface area contributed by atoms with Crippen LogP contribution in [0.2, 0.25) is 0 Å². The number of epoxide rings is 2. The largest absolute Gasteiger partial charge is 0.465 e. The molecule has 2 aliphatic carbocycles. The van der Waals surface area contributed by atoms with Crippen molar-refractivity contribution < 1.29 is 47.6 Å². The third kappa shape index (κ3) is 21.7. The summed E-state index contributed by atoms with van der Waals surface area (Å²) < 4.78 is 34.0. The summed E-state index contributed by atoms with van der Waals surface area (Å²) in [6, 6.07) is 0. The molecule has 358 valence electrons. The minimum atomic E-state index is -0.454. The molecule has 10 heteroatoms. The molecule has 4 aliphatic rings. The monoisotopic (exact) mass is 875 g/mol. The first-order valence-corrected chi connectivity index (χ1v) is 26.4. The van der Waals surface area contributed by atoms with Crippen LogP contribution in [0.25, 0.3) is 0 Å². The van der Waals surface area contributed by atoms with Gasteiger partial charge >= 0.3 is 23.9 Å². The van der Waals surface area contributed by atoms with Crippen molar-refractivity contribution in [1.29, 1.82) is 0 Å². The van der Waals surface area contributed by atoms with Crippen molar-refractivity contribution in [3.05, 3.63) is 0 Å².